The van der Waals surface area contributed by atoms with E-state index in [2.05, 4.69) is 10.3 Å². The Morgan fingerprint density at radius 1 is 0.786 bits per heavy atom. The molecular weight excluding hydrogens is 348 g/mol. The molecule has 4 rings (SSSR count). The van der Waals surface area contributed by atoms with E-state index in [9.17, 15) is 9.59 Å². The summed E-state index contributed by atoms with van der Waals surface area (Å²) in [6, 6.07) is 25.7. The first-order valence-corrected chi connectivity index (χ1v) is 9.03. The van der Waals surface area contributed by atoms with Crippen molar-refractivity contribution in [3.63, 3.8) is 0 Å². The van der Waals surface area contributed by atoms with Gasteiger partial charge in [0.1, 0.15) is 0 Å². The zero-order valence-corrected chi connectivity index (χ0v) is 15.1. The lowest BCUT2D eigenvalue weighted by atomic mass is 10.0. The van der Waals surface area contributed by atoms with Crippen molar-refractivity contribution in [3.05, 3.63) is 108 Å². The van der Waals surface area contributed by atoms with E-state index in [4.69, 9.17) is 0 Å². The number of fused-ring (bicyclic) bond motifs is 1. The van der Waals surface area contributed by atoms with Gasteiger partial charge in [0.25, 0.3) is 0 Å². The second-order valence-corrected chi connectivity index (χ2v) is 6.49. The van der Waals surface area contributed by atoms with Gasteiger partial charge in [0.2, 0.25) is 5.91 Å². The Hall–Kier alpha value is -3.79. The van der Waals surface area contributed by atoms with E-state index < -0.39 is 0 Å². The van der Waals surface area contributed by atoms with E-state index in [1.54, 1.807) is 42.6 Å². The van der Waals surface area contributed by atoms with Crippen molar-refractivity contribution >= 4 is 28.3 Å². The number of rotatable bonds is 5. The zero-order valence-electron chi connectivity index (χ0n) is 15.1. The number of carbonyl (C=O) groups is 2. The molecule has 0 fully saturated rings. The molecule has 136 valence electrons. The van der Waals surface area contributed by atoms with Gasteiger partial charge in [-0.2, -0.15) is 0 Å². The Morgan fingerprint density at radius 3 is 2.39 bits per heavy atom. The second kappa shape index (κ2) is 7.84. The third kappa shape index (κ3) is 3.81. The van der Waals surface area contributed by atoms with Crippen LogP contribution in [0.25, 0.3) is 10.9 Å². The van der Waals surface area contributed by atoms with E-state index in [-0.39, 0.29) is 18.1 Å². The summed E-state index contributed by atoms with van der Waals surface area (Å²) in [5.41, 5.74) is 3.45. The van der Waals surface area contributed by atoms with Crippen LogP contribution in [0.3, 0.4) is 0 Å². The number of aromatic nitrogens is 1. The number of para-hydroxylation sites is 1. The highest BCUT2D eigenvalue weighted by Crippen LogP contribution is 2.18. The van der Waals surface area contributed by atoms with Crippen molar-refractivity contribution in [1.29, 1.82) is 0 Å². The van der Waals surface area contributed by atoms with Gasteiger partial charge in [-0.15, -0.1) is 0 Å². The molecule has 28 heavy (non-hydrogen) atoms. The predicted octanol–water partition coefficient (Wildman–Crippen LogP) is 4.65. The molecule has 4 heteroatoms. The number of ketones is 1. The number of amides is 1. The minimum absolute atomic E-state index is 0.0741. The summed E-state index contributed by atoms with van der Waals surface area (Å²) in [7, 11) is 0. The monoisotopic (exact) mass is 366 g/mol. The SMILES string of the molecule is O=C(Cc1cccc2cccnc12)Nc1cccc(C(=O)c2ccccc2)c1. The molecule has 3 aromatic carbocycles. The number of carbonyl (C=O) groups excluding carboxylic acids is 2. The predicted molar refractivity (Wildman–Crippen MR) is 110 cm³/mol. The van der Waals surface area contributed by atoms with Crippen LogP contribution < -0.4 is 5.32 Å². The number of nitrogens with one attached hydrogen (secondary N) is 1. The molecule has 1 N–H and O–H groups in total. The normalized spacial score (nSPS) is 10.6. The third-order valence-corrected chi connectivity index (χ3v) is 4.51. The molecule has 0 saturated carbocycles. The Bertz CT molecular complexity index is 1150. The van der Waals surface area contributed by atoms with Crippen LogP contribution in [0, 0.1) is 0 Å². The second-order valence-electron chi connectivity index (χ2n) is 6.49. The van der Waals surface area contributed by atoms with Gasteiger partial charge in [0.15, 0.2) is 5.78 Å². The summed E-state index contributed by atoms with van der Waals surface area (Å²) in [5, 5.41) is 3.89. The molecule has 1 amide bonds. The molecule has 1 aromatic heterocycles. The van der Waals surface area contributed by atoms with E-state index in [0.29, 0.717) is 16.8 Å². The molecule has 4 nitrogen and oxygen atoms in total. The summed E-state index contributed by atoms with van der Waals surface area (Å²) in [5.74, 6) is -0.225. The van der Waals surface area contributed by atoms with E-state index in [0.717, 1.165) is 16.5 Å². The maximum absolute atomic E-state index is 12.6. The van der Waals surface area contributed by atoms with Crippen molar-refractivity contribution in [2.45, 2.75) is 6.42 Å². The van der Waals surface area contributed by atoms with Crippen molar-refractivity contribution in [2.75, 3.05) is 5.32 Å². The van der Waals surface area contributed by atoms with Crippen LogP contribution in [0.5, 0.6) is 0 Å². The number of pyridine rings is 1. The summed E-state index contributed by atoms with van der Waals surface area (Å²) < 4.78 is 0. The number of hydrogen-bond acceptors (Lipinski definition) is 3. The van der Waals surface area contributed by atoms with E-state index >= 15 is 0 Å². The molecular formula is C24H18N2O2. The van der Waals surface area contributed by atoms with Gasteiger partial charge in [-0.1, -0.05) is 66.7 Å². The molecule has 0 spiro atoms. The third-order valence-electron chi connectivity index (χ3n) is 4.51. The van der Waals surface area contributed by atoms with E-state index in [1.165, 1.54) is 0 Å². The van der Waals surface area contributed by atoms with Gasteiger partial charge in [-0.05, 0) is 23.8 Å². The maximum Gasteiger partial charge on any atom is 0.228 e. The molecule has 0 aliphatic heterocycles. The van der Waals surface area contributed by atoms with Crippen LogP contribution in [-0.4, -0.2) is 16.7 Å². The van der Waals surface area contributed by atoms with Gasteiger partial charge < -0.3 is 5.32 Å². The largest absolute Gasteiger partial charge is 0.326 e. The quantitative estimate of drug-likeness (QED) is 0.523. The van der Waals surface area contributed by atoms with Crippen LogP contribution in [0.1, 0.15) is 21.5 Å². The average Bonchev–Trinajstić information content (AvgIpc) is 2.74. The molecule has 1 heterocycles. The minimum atomic E-state index is -0.150. The van der Waals surface area contributed by atoms with Crippen molar-refractivity contribution in [1.82, 2.24) is 4.98 Å². The van der Waals surface area contributed by atoms with Crippen LogP contribution in [-0.2, 0) is 11.2 Å². The molecule has 0 aliphatic carbocycles. The molecule has 0 saturated heterocycles. The van der Waals surface area contributed by atoms with Gasteiger partial charge in [0.05, 0.1) is 11.9 Å². The summed E-state index contributed by atoms with van der Waals surface area (Å²) in [4.78, 5) is 29.5. The first kappa shape index (κ1) is 17.6. The van der Waals surface area contributed by atoms with Crippen LogP contribution in [0.2, 0.25) is 0 Å². The number of benzene rings is 3. The molecule has 0 bridgehead atoms. The van der Waals surface area contributed by atoms with E-state index in [1.807, 2.05) is 48.5 Å². The van der Waals surface area contributed by atoms with Crippen LogP contribution in [0.4, 0.5) is 5.69 Å². The van der Waals surface area contributed by atoms with Crippen LogP contribution in [0.15, 0.2) is 91.1 Å². The summed E-state index contributed by atoms with van der Waals surface area (Å²) in [6.45, 7) is 0. The first-order valence-electron chi connectivity index (χ1n) is 9.03. The highest BCUT2D eigenvalue weighted by Gasteiger charge is 2.11. The van der Waals surface area contributed by atoms with Crippen molar-refractivity contribution in [2.24, 2.45) is 0 Å². The standard InChI is InChI=1S/C24H18N2O2/c27-22(16-19-10-4-9-17-12-6-14-25-23(17)19)26-21-13-5-11-20(15-21)24(28)18-7-2-1-3-8-18/h1-15H,16H2,(H,26,27). The van der Waals surface area contributed by atoms with Gasteiger partial charge >= 0.3 is 0 Å². The highest BCUT2D eigenvalue weighted by molar-refractivity contribution is 6.09. The lowest BCUT2D eigenvalue weighted by Crippen LogP contribution is -2.15. The van der Waals surface area contributed by atoms with Gasteiger partial charge in [-0.25, -0.2) is 0 Å². The number of hydrogen-bond donors (Lipinski definition) is 1. The Balaban J connectivity index is 1.51. The first-order chi connectivity index (χ1) is 13.7. The molecule has 0 atom stereocenters. The Kier molecular flexibility index (Phi) is 4.93. The minimum Gasteiger partial charge on any atom is -0.326 e. The van der Waals surface area contributed by atoms with Crippen molar-refractivity contribution < 1.29 is 9.59 Å². The fourth-order valence-electron chi connectivity index (χ4n) is 3.18. The fraction of sp³-hybridized carbons (Fsp3) is 0.0417. The van der Waals surface area contributed by atoms with Gasteiger partial charge in [-0.3, -0.25) is 14.6 Å². The number of nitrogens with zero attached hydrogens (tertiary/aromatic N) is 1. The smallest absolute Gasteiger partial charge is 0.228 e. The highest BCUT2D eigenvalue weighted by atomic mass is 16.1. The maximum atomic E-state index is 12.6. The molecule has 0 unspecified atom stereocenters. The van der Waals surface area contributed by atoms with Gasteiger partial charge in [0, 0.05) is 28.4 Å². The Morgan fingerprint density at radius 2 is 1.54 bits per heavy atom. The topological polar surface area (TPSA) is 59.1 Å². The van der Waals surface area contributed by atoms with Crippen molar-refractivity contribution in [3.8, 4) is 0 Å². The fourth-order valence-corrected chi connectivity index (χ4v) is 3.18. The molecule has 0 aliphatic rings. The van der Waals surface area contributed by atoms with Crippen LogP contribution >= 0.6 is 0 Å². The Labute approximate surface area is 162 Å². The summed E-state index contributed by atoms with van der Waals surface area (Å²) in [6.07, 6.45) is 1.94. The molecule has 0 radical (unpaired) electrons. The number of anilines is 1. The zero-order chi connectivity index (χ0) is 19.3. The molecule has 4 aromatic rings. The summed E-state index contributed by atoms with van der Waals surface area (Å²) >= 11 is 0. The average molecular weight is 366 g/mol. The lowest BCUT2D eigenvalue weighted by Gasteiger charge is -2.09. The lowest BCUT2D eigenvalue weighted by molar-refractivity contribution is -0.115.